The highest BCUT2D eigenvalue weighted by Gasteiger charge is 2.32. The fourth-order valence-electron chi connectivity index (χ4n) is 3.40. The van der Waals surface area contributed by atoms with Gasteiger partial charge < -0.3 is 11.1 Å². The van der Waals surface area contributed by atoms with Crippen molar-refractivity contribution in [1.29, 1.82) is 0 Å². The molecule has 144 valence electrons. The van der Waals surface area contributed by atoms with E-state index in [9.17, 15) is 13.2 Å². The molecule has 0 aromatic heterocycles. The van der Waals surface area contributed by atoms with Gasteiger partial charge in [-0.05, 0) is 30.2 Å². The van der Waals surface area contributed by atoms with E-state index in [1.54, 1.807) is 13.0 Å². The van der Waals surface area contributed by atoms with Crippen molar-refractivity contribution in [1.82, 2.24) is 4.90 Å². The number of nitrogens with one attached hydrogen (secondary N) is 1. The minimum absolute atomic E-state index is 0.0317. The molecule has 3 rings (SSSR count). The third kappa shape index (κ3) is 4.72. The van der Waals surface area contributed by atoms with Crippen LogP contribution in [-0.4, -0.2) is 44.9 Å². The Balaban J connectivity index is 1.65. The number of primary sulfonamides is 1. The number of nitrogens with zero attached hydrogens (tertiary/aromatic N) is 1. The second-order valence-electron chi connectivity index (χ2n) is 6.95. The van der Waals surface area contributed by atoms with Crippen LogP contribution < -0.4 is 16.2 Å². The van der Waals surface area contributed by atoms with Gasteiger partial charge in [0.05, 0.1) is 11.4 Å². The average Bonchev–Trinajstić information content (AvgIpc) is 2.96. The number of benzene rings is 2. The van der Waals surface area contributed by atoms with Crippen LogP contribution in [0.25, 0.3) is 0 Å². The van der Waals surface area contributed by atoms with Crippen LogP contribution in [0.2, 0.25) is 0 Å². The van der Waals surface area contributed by atoms with Crippen LogP contribution in [0, 0.1) is 6.92 Å². The molecule has 1 saturated heterocycles. The highest BCUT2D eigenvalue weighted by molar-refractivity contribution is 7.89. The van der Waals surface area contributed by atoms with Gasteiger partial charge in [-0.1, -0.05) is 36.4 Å². The number of likely N-dealkylation sites (tertiary alicyclic amines) is 1. The minimum Gasteiger partial charge on any atom is -0.326 e. The van der Waals surface area contributed by atoms with Crippen LogP contribution in [0.1, 0.15) is 17.0 Å². The lowest BCUT2D eigenvalue weighted by Gasteiger charge is -2.16. The smallest absolute Gasteiger partial charge is 0.238 e. The number of anilines is 1. The van der Waals surface area contributed by atoms with Crippen molar-refractivity contribution in [3.63, 3.8) is 0 Å². The number of hydrogen-bond donors (Lipinski definition) is 3. The summed E-state index contributed by atoms with van der Waals surface area (Å²) in [5.74, 6) is -0.0305. The average molecular weight is 388 g/mol. The van der Waals surface area contributed by atoms with E-state index in [2.05, 4.69) is 17.4 Å². The van der Waals surface area contributed by atoms with E-state index in [0.717, 1.165) is 5.56 Å². The number of amides is 1. The topological polar surface area (TPSA) is 119 Å². The molecule has 1 amide bonds. The van der Waals surface area contributed by atoms with Gasteiger partial charge in [0.15, 0.2) is 0 Å². The third-order valence-electron chi connectivity index (χ3n) is 4.85. The Morgan fingerprint density at radius 3 is 2.56 bits per heavy atom. The lowest BCUT2D eigenvalue weighted by Crippen LogP contribution is -2.34. The molecule has 8 heteroatoms. The van der Waals surface area contributed by atoms with Crippen LogP contribution in [0.4, 0.5) is 5.69 Å². The Kier molecular flexibility index (Phi) is 5.61. The second kappa shape index (κ2) is 7.77. The summed E-state index contributed by atoms with van der Waals surface area (Å²) in [7, 11) is -3.82. The van der Waals surface area contributed by atoms with E-state index in [0.29, 0.717) is 18.8 Å². The molecule has 1 heterocycles. The van der Waals surface area contributed by atoms with Crippen molar-refractivity contribution < 1.29 is 13.2 Å². The first-order chi connectivity index (χ1) is 12.7. The molecule has 2 aromatic rings. The zero-order valence-corrected chi connectivity index (χ0v) is 15.9. The van der Waals surface area contributed by atoms with Gasteiger partial charge in [-0.2, -0.15) is 0 Å². The summed E-state index contributed by atoms with van der Waals surface area (Å²) in [4.78, 5) is 14.4. The molecule has 0 aliphatic carbocycles. The Morgan fingerprint density at radius 2 is 1.89 bits per heavy atom. The molecular weight excluding hydrogens is 364 g/mol. The molecule has 5 N–H and O–H groups in total. The summed E-state index contributed by atoms with van der Waals surface area (Å²) < 4.78 is 23.0. The van der Waals surface area contributed by atoms with Gasteiger partial charge in [0.25, 0.3) is 0 Å². The molecule has 1 fully saturated rings. The number of carbonyl (C=O) groups excluding carboxylic acids is 1. The summed E-state index contributed by atoms with van der Waals surface area (Å²) in [6.45, 7) is 3.31. The number of carbonyl (C=O) groups is 1. The molecule has 0 unspecified atom stereocenters. The van der Waals surface area contributed by atoms with E-state index >= 15 is 0 Å². The zero-order chi connectivity index (χ0) is 19.6. The predicted octanol–water partition coefficient (Wildman–Crippen LogP) is 1.01. The lowest BCUT2D eigenvalue weighted by molar-refractivity contribution is -0.117. The summed E-state index contributed by atoms with van der Waals surface area (Å²) in [5.41, 5.74) is 8.64. The first-order valence-corrected chi connectivity index (χ1v) is 10.2. The van der Waals surface area contributed by atoms with Gasteiger partial charge >= 0.3 is 0 Å². The molecule has 1 aliphatic heterocycles. The number of nitrogens with two attached hydrogens (primary N) is 2. The second-order valence-corrected chi connectivity index (χ2v) is 8.51. The van der Waals surface area contributed by atoms with E-state index in [1.807, 2.05) is 23.1 Å². The SMILES string of the molecule is Cc1ccc(S(N)(=O)=O)cc1NC(=O)CN1C[C@@H](N)[C@H](c2ccccc2)C1. The summed E-state index contributed by atoms with van der Waals surface area (Å²) in [6.07, 6.45) is 0. The van der Waals surface area contributed by atoms with Crippen molar-refractivity contribution in [2.75, 3.05) is 25.0 Å². The first kappa shape index (κ1) is 19.5. The van der Waals surface area contributed by atoms with Crippen molar-refractivity contribution in [2.24, 2.45) is 10.9 Å². The minimum atomic E-state index is -3.82. The number of rotatable bonds is 5. The van der Waals surface area contributed by atoms with Crippen LogP contribution in [0.3, 0.4) is 0 Å². The fraction of sp³-hybridized carbons (Fsp3) is 0.316. The standard InChI is InChI=1S/C19H24N4O3S/c1-13-7-8-15(27(21,25)26)9-18(13)22-19(24)12-23-10-16(17(20)11-23)14-5-3-2-4-6-14/h2-9,16-17H,10-12,20H2,1H3,(H,22,24)(H2,21,25,26)/t16-,17+/m0/s1. The maximum atomic E-state index is 12.5. The molecule has 1 aliphatic rings. The van der Waals surface area contributed by atoms with Crippen molar-refractivity contribution in [2.45, 2.75) is 23.8 Å². The maximum Gasteiger partial charge on any atom is 0.238 e. The van der Waals surface area contributed by atoms with Crippen molar-refractivity contribution in [3.8, 4) is 0 Å². The molecule has 0 spiro atoms. The fourth-order valence-corrected chi connectivity index (χ4v) is 3.94. The monoisotopic (exact) mass is 388 g/mol. The Hall–Kier alpha value is -2.26. The summed E-state index contributed by atoms with van der Waals surface area (Å²) >= 11 is 0. The number of sulfonamides is 1. The molecule has 27 heavy (non-hydrogen) atoms. The predicted molar refractivity (Wildman–Crippen MR) is 105 cm³/mol. The Morgan fingerprint density at radius 1 is 1.19 bits per heavy atom. The van der Waals surface area contributed by atoms with Crippen molar-refractivity contribution >= 4 is 21.6 Å². The molecule has 2 atom stereocenters. The summed E-state index contributed by atoms with van der Waals surface area (Å²) in [5, 5.41) is 7.94. The van der Waals surface area contributed by atoms with Crippen LogP contribution >= 0.6 is 0 Å². The van der Waals surface area contributed by atoms with Gasteiger partial charge in [0.2, 0.25) is 15.9 Å². The van der Waals surface area contributed by atoms with Gasteiger partial charge in [-0.3, -0.25) is 9.69 Å². The van der Waals surface area contributed by atoms with E-state index < -0.39 is 10.0 Å². The maximum absolute atomic E-state index is 12.5. The zero-order valence-electron chi connectivity index (χ0n) is 15.1. The van der Waals surface area contributed by atoms with Crippen LogP contribution in [0.15, 0.2) is 53.4 Å². The largest absolute Gasteiger partial charge is 0.326 e. The molecule has 0 bridgehead atoms. The van der Waals surface area contributed by atoms with Gasteiger partial charge in [0, 0.05) is 30.7 Å². The molecule has 0 saturated carbocycles. The normalized spacial score (nSPS) is 20.6. The quantitative estimate of drug-likeness (QED) is 0.706. The van der Waals surface area contributed by atoms with Gasteiger partial charge in [0.1, 0.15) is 0 Å². The highest BCUT2D eigenvalue weighted by Crippen LogP contribution is 2.26. The number of hydrogen-bond acceptors (Lipinski definition) is 5. The first-order valence-electron chi connectivity index (χ1n) is 8.70. The Bertz CT molecular complexity index is 931. The lowest BCUT2D eigenvalue weighted by atomic mass is 9.95. The summed E-state index contributed by atoms with van der Waals surface area (Å²) in [6, 6.07) is 14.4. The molecule has 7 nitrogen and oxygen atoms in total. The van der Waals surface area contributed by atoms with E-state index in [-0.39, 0.29) is 29.3 Å². The highest BCUT2D eigenvalue weighted by atomic mass is 32.2. The van der Waals surface area contributed by atoms with Crippen molar-refractivity contribution in [3.05, 3.63) is 59.7 Å². The number of aryl methyl sites for hydroxylation is 1. The molecule has 0 radical (unpaired) electrons. The van der Waals surface area contributed by atoms with E-state index in [4.69, 9.17) is 10.9 Å². The molecule has 2 aromatic carbocycles. The molecular formula is C19H24N4O3S. The van der Waals surface area contributed by atoms with Crippen LogP contribution in [-0.2, 0) is 14.8 Å². The third-order valence-corrected chi connectivity index (χ3v) is 5.76. The van der Waals surface area contributed by atoms with E-state index in [1.165, 1.54) is 17.7 Å². The Labute approximate surface area is 159 Å². The van der Waals surface area contributed by atoms with Gasteiger partial charge in [-0.25, -0.2) is 13.6 Å². The van der Waals surface area contributed by atoms with Crippen LogP contribution in [0.5, 0.6) is 0 Å². The van der Waals surface area contributed by atoms with Gasteiger partial charge in [-0.15, -0.1) is 0 Å².